The third kappa shape index (κ3) is 1.78. The summed E-state index contributed by atoms with van der Waals surface area (Å²) in [7, 11) is 0. The number of phenolic OH excluding ortho intramolecular Hbond substituents is 1. The first kappa shape index (κ1) is 13.6. The highest BCUT2D eigenvalue weighted by atomic mass is 16.4. The number of aliphatic carboxylic acids is 1. The summed E-state index contributed by atoms with van der Waals surface area (Å²) in [6, 6.07) is 9.61. The van der Waals surface area contributed by atoms with Crippen molar-refractivity contribution in [2.75, 3.05) is 0 Å². The van der Waals surface area contributed by atoms with Crippen molar-refractivity contribution in [3.63, 3.8) is 0 Å². The smallest absolute Gasteiger partial charge is 0.310 e. The normalized spacial score (nSPS) is 27.2. The van der Waals surface area contributed by atoms with Crippen LogP contribution in [0.5, 0.6) is 5.75 Å². The van der Waals surface area contributed by atoms with Gasteiger partial charge in [0.2, 0.25) is 0 Å². The summed E-state index contributed by atoms with van der Waals surface area (Å²) in [6.45, 7) is 0. The molecule has 0 radical (unpaired) electrons. The quantitative estimate of drug-likeness (QED) is 0.828. The Kier molecular flexibility index (Phi) is 2.93. The fourth-order valence-electron chi connectivity index (χ4n) is 4.71. The Hall–Kier alpha value is -2.03. The number of phenols is 1. The van der Waals surface area contributed by atoms with Crippen LogP contribution in [0.2, 0.25) is 0 Å². The van der Waals surface area contributed by atoms with Crippen LogP contribution >= 0.6 is 0 Å². The van der Waals surface area contributed by atoms with Crippen molar-refractivity contribution in [2.45, 2.75) is 44.4 Å². The van der Waals surface area contributed by atoms with Gasteiger partial charge >= 0.3 is 5.97 Å². The lowest BCUT2D eigenvalue weighted by Crippen LogP contribution is -2.43. The van der Waals surface area contributed by atoms with Crippen molar-refractivity contribution in [3.8, 4) is 5.75 Å². The standard InChI is InChI=1S/C19H20O3/c20-13-5-7-14-12(11-13)4-6-16-15(14)8-10-19(18(21)22)9-2-1-3-17(16)19/h4-7,11,17,20H,1-3,8-10H2,(H,21,22). The molecule has 2 aliphatic rings. The Balaban J connectivity index is 1.91. The molecule has 0 aromatic heterocycles. The second-order valence-electron chi connectivity index (χ2n) is 6.80. The third-order valence-electron chi connectivity index (χ3n) is 5.81. The zero-order valence-corrected chi connectivity index (χ0v) is 12.5. The second kappa shape index (κ2) is 4.73. The number of carboxylic acid groups (broad SMARTS) is 1. The molecule has 2 aromatic rings. The van der Waals surface area contributed by atoms with Crippen molar-refractivity contribution >= 4 is 16.7 Å². The molecule has 3 heteroatoms. The number of hydrogen-bond acceptors (Lipinski definition) is 2. The number of carbonyl (C=O) groups is 1. The molecular weight excluding hydrogens is 276 g/mol. The largest absolute Gasteiger partial charge is 0.508 e. The van der Waals surface area contributed by atoms with Crippen LogP contribution in [0.4, 0.5) is 0 Å². The molecule has 0 saturated heterocycles. The van der Waals surface area contributed by atoms with Crippen LogP contribution < -0.4 is 0 Å². The van der Waals surface area contributed by atoms with E-state index in [1.54, 1.807) is 12.1 Å². The minimum Gasteiger partial charge on any atom is -0.508 e. The Morgan fingerprint density at radius 1 is 1.14 bits per heavy atom. The van der Waals surface area contributed by atoms with Gasteiger partial charge in [-0.2, -0.15) is 0 Å². The fourth-order valence-corrected chi connectivity index (χ4v) is 4.71. The van der Waals surface area contributed by atoms with Gasteiger partial charge in [0.1, 0.15) is 5.75 Å². The van der Waals surface area contributed by atoms with Gasteiger partial charge in [-0.1, -0.05) is 31.0 Å². The maximum atomic E-state index is 12.0. The molecule has 2 N–H and O–H groups in total. The molecule has 0 heterocycles. The topological polar surface area (TPSA) is 57.5 Å². The number of carboxylic acids is 1. The van der Waals surface area contributed by atoms with E-state index >= 15 is 0 Å². The van der Waals surface area contributed by atoms with E-state index in [2.05, 4.69) is 6.07 Å². The predicted molar refractivity (Wildman–Crippen MR) is 85.2 cm³/mol. The number of fused-ring (bicyclic) bond motifs is 5. The molecule has 4 rings (SSSR count). The first-order valence-electron chi connectivity index (χ1n) is 8.10. The van der Waals surface area contributed by atoms with Gasteiger partial charge in [0.05, 0.1) is 5.41 Å². The van der Waals surface area contributed by atoms with Gasteiger partial charge in [0, 0.05) is 5.92 Å². The van der Waals surface area contributed by atoms with Gasteiger partial charge in [0.15, 0.2) is 0 Å². The molecule has 0 amide bonds. The molecule has 0 spiro atoms. The van der Waals surface area contributed by atoms with Crippen molar-refractivity contribution in [3.05, 3.63) is 41.5 Å². The van der Waals surface area contributed by atoms with Crippen LogP contribution in [0, 0.1) is 5.41 Å². The van der Waals surface area contributed by atoms with Crippen molar-refractivity contribution in [2.24, 2.45) is 5.41 Å². The molecule has 2 aliphatic carbocycles. The molecule has 2 atom stereocenters. The fraction of sp³-hybridized carbons (Fsp3) is 0.421. The molecule has 1 saturated carbocycles. The summed E-state index contributed by atoms with van der Waals surface area (Å²) >= 11 is 0. The molecule has 0 aliphatic heterocycles. The van der Waals surface area contributed by atoms with E-state index in [0.717, 1.165) is 43.9 Å². The monoisotopic (exact) mass is 296 g/mol. The van der Waals surface area contributed by atoms with Crippen LogP contribution in [0.15, 0.2) is 30.3 Å². The summed E-state index contributed by atoms with van der Waals surface area (Å²) in [5.74, 6) is -0.199. The third-order valence-corrected chi connectivity index (χ3v) is 5.81. The zero-order valence-electron chi connectivity index (χ0n) is 12.5. The van der Waals surface area contributed by atoms with Gasteiger partial charge in [-0.25, -0.2) is 0 Å². The van der Waals surface area contributed by atoms with E-state index in [9.17, 15) is 15.0 Å². The highest BCUT2D eigenvalue weighted by Crippen LogP contribution is 2.55. The maximum Gasteiger partial charge on any atom is 0.310 e. The highest BCUT2D eigenvalue weighted by Gasteiger charge is 2.50. The van der Waals surface area contributed by atoms with Crippen LogP contribution in [0.25, 0.3) is 10.8 Å². The number of rotatable bonds is 1. The first-order chi connectivity index (χ1) is 10.6. The van der Waals surface area contributed by atoms with Crippen molar-refractivity contribution in [1.82, 2.24) is 0 Å². The van der Waals surface area contributed by atoms with Crippen LogP contribution in [0.1, 0.15) is 49.1 Å². The van der Waals surface area contributed by atoms with Gasteiger partial charge in [0.25, 0.3) is 0 Å². The summed E-state index contributed by atoms with van der Waals surface area (Å²) in [4.78, 5) is 12.0. The molecule has 114 valence electrons. The molecule has 2 unspecified atom stereocenters. The number of benzene rings is 2. The van der Waals surface area contributed by atoms with Crippen LogP contribution in [-0.2, 0) is 11.2 Å². The molecule has 2 aromatic carbocycles. The number of hydrogen-bond donors (Lipinski definition) is 2. The average Bonchev–Trinajstić information content (AvgIpc) is 2.53. The van der Waals surface area contributed by atoms with E-state index in [4.69, 9.17) is 0 Å². The highest BCUT2D eigenvalue weighted by molar-refractivity contribution is 5.89. The molecule has 1 fully saturated rings. The minimum absolute atomic E-state index is 0.140. The Labute approximate surface area is 129 Å². The molecule has 0 bridgehead atoms. The summed E-state index contributed by atoms with van der Waals surface area (Å²) in [5.41, 5.74) is 1.96. The molecular formula is C19H20O3. The molecule has 22 heavy (non-hydrogen) atoms. The average molecular weight is 296 g/mol. The van der Waals surface area contributed by atoms with Crippen LogP contribution in [0.3, 0.4) is 0 Å². The van der Waals surface area contributed by atoms with E-state index in [0.29, 0.717) is 0 Å². The van der Waals surface area contributed by atoms with Gasteiger partial charge in [-0.15, -0.1) is 0 Å². The van der Waals surface area contributed by atoms with Gasteiger partial charge in [-0.05, 0) is 59.7 Å². The molecule has 3 nitrogen and oxygen atoms in total. The summed E-state index contributed by atoms with van der Waals surface area (Å²) in [5, 5.41) is 21.7. The number of aryl methyl sites for hydroxylation is 1. The van der Waals surface area contributed by atoms with E-state index in [1.807, 2.05) is 12.1 Å². The van der Waals surface area contributed by atoms with E-state index in [1.165, 1.54) is 16.5 Å². The second-order valence-corrected chi connectivity index (χ2v) is 6.80. The number of aromatic hydroxyl groups is 1. The van der Waals surface area contributed by atoms with Crippen LogP contribution in [-0.4, -0.2) is 16.2 Å². The first-order valence-corrected chi connectivity index (χ1v) is 8.10. The summed E-state index contributed by atoms with van der Waals surface area (Å²) < 4.78 is 0. The Bertz CT molecular complexity index is 765. The SMILES string of the molecule is O=C(O)C12CCCCC1c1ccc3cc(O)ccc3c1CC2. The predicted octanol–water partition coefficient (Wildman–Crippen LogP) is 4.22. The summed E-state index contributed by atoms with van der Waals surface area (Å²) in [6.07, 6.45) is 5.48. The van der Waals surface area contributed by atoms with Crippen molar-refractivity contribution in [1.29, 1.82) is 0 Å². The zero-order chi connectivity index (χ0) is 15.3. The van der Waals surface area contributed by atoms with Crippen molar-refractivity contribution < 1.29 is 15.0 Å². The minimum atomic E-state index is -0.617. The van der Waals surface area contributed by atoms with E-state index in [-0.39, 0.29) is 11.7 Å². The Morgan fingerprint density at radius 2 is 2.00 bits per heavy atom. The lowest BCUT2D eigenvalue weighted by atomic mass is 9.57. The Morgan fingerprint density at radius 3 is 2.82 bits per heavy atom. The lowest BCUT2D eigenvalue weighted by Gasteiger charge is -2.45. The lowest BCUT2D eigenvalue weighted by molar-refractivity contribution is -0.153. The van der Waals surface area contributed by atoms with E-state index < -0.39 is 11.4 Å². The van der Waals surface area contributed by atoms with Gasteiger partial charge in [-0.3, -0.25) is 4.79 Å². The van der Waals surface area contributed by atoms with Gasteiger partial charge < -0.3 is 10.2 Å². The maximum absolute atomic E-state index is 12.0.